The molecule has 0 fully saturated rings. The molecule has 0 bridgehead atoms. The van der Waals surface area contributed by atoms with Gasteiger partial charge in [0.15, 0.2) is 0 Å². The predicted octanol–water partition coefficient (Wildman–Crippen LogP) is 4.02. The second kappa shape index (κ2) is 4.75. The van der Waals surface area contributed by atoms with Gasteiger partial charge in [-0.15, -0.1) is 0 Å². The molecule has 1 amide bonds. The van der Waals surface area contributed by atoms with Crippen LogP contribution in [-0.4, -0.2) is 5.91 Å². The number of carbonyl (C=O) groups is 1. The fraction of sp³-hybridized carbons (Fsp3) is 0.562. The summed E-state index contributed by atoms with van der Waals surface area (Å²) in [5, 5.41) is 3.06. The maximum Gasteiger partial charge on any atom is 0.232 e. The van der Waals surface area contributed by atoms with Crippen molar-refractivity contribution in [2.24, 2.45) is 11.8 Å². The van der Waals surface area contributed by atoms with E-state index in [9.17, 15) is 4.79 Å². The van der Waals surface area contributed by atoms with E-state index in [1.807, 2.05) is 0 Å². The lowest BCUT2D eigenvalue weighted by Crippen LogP contribution is -2.20. The fourth-order valence-corrected chi connectivity index (χ4v) is 3.20. The minimum absolute atomic E-state index is 0.0287. The molecule has 18 heavy (non-hydrogen) atoms. The molecule has 0 aliphatic carbocycles. The summed E-state index contributed by atoms with van der Waals surface area (Å²) >= 11 is 0. The summed E-state index contributed by atoms with van der Waals surface area (Å²) in [5.74, 6) is 1.23. The number of amides is 1. The number of nitrogens with one attached hydrogen (secondary N) is 1. The van der Waals surface area contributed by atoms with E-state index in [-0.39, 0.29) is 11.8 Å². The second-order valence-corrected chi connectivity index (χ2v) is 6.12. The third kappa shape index (κ3) is 2.29. The Hall–Kier alpha value is -1.31. The lowest BCUT2D eigenvalue weighted by Gasteiger charge is -2.20. The van der Waals surface area contributed by atoms with E-state index in [1.54, 1.807) is 0 Å². The van der Waals surface area contributed by atoms with Crippen LogP contribution in [0.2, 0.25) is 0 Å². The molecule has 0 aromatic heterocycles. The highest BCUT2D eigenvalue weighted by atomic mass is 16.2. The molecule has 1 aliphatic heterocycles. The number of fused-ring (bicyclic) bond motifs is 1. The number of rotatable bonds is 3. The van der Waals surface area contributed by atoms with E-state index in [0.717, 1.165) is 12.1 Å². The number of hydrogen-bond acceptors (Lipinski definition) is 1. The van der Waals surface area contributed by atoms with Crippen LogP contribution in [0.25, 0.3) is 0 Å². The Morgan fingerprint density at radius 1 is 1.22 bits per heavy atom. The highest BCUT2D eigenvalue weighted by molar-refractivity contribution is 6.04. The molecule has 1 aliphatic rings. The summed E-state index contributed by atoms with van der Waals surface area (Å²) in [6, 6.07) is 4.30. The SMILES string of the molecule is Cc1cc(C)c2c(c1)C(C(C)CC(C)C)C(=O)N2. The van der Waals surface area contributed by atoms with E-state index in [2.05, 4.69) is 52.1 Å². The molecule has 2 nitrogen and oxygen atoms in total. The fourth-order valence-electron chi connectivity index (χ4n) is 3.20. The van der Waals surface area contributed by atoms with Gasteiger partial charge in [-0.05, 0) is 43.2 Å². The second-order valence-electron chi connectivity index (χ2n) is 6.12. The Morgan fingerprint density at radius 2 is 1.89 bits per heavy atom. The molecule has 1 heterocycles. The van der Waals surface area contributed by atoms with Gasteiger partial charge in [-0.2, -0.15) is 0 Å². The Labute approximate surface area is 110 Å². The molecular formula is C16H23NO. The van der Waals surface area contributed by atoms with Crippen LogP contribution in [0.4, 0.5) is 5.69 Å². The average Bonchev–Trinajstić information content (AvgIpc) is 2.53. The lowest BCUT2D eigenvalue weighted by molar-refractivity contribution is -0.118. The summed E-state index contributed by atoms with van der Waals surface area (Å²) in [6.45, 7) is 10.8. The number of aryl methyl sites for hydroxylation is 2. The van der Waals surface area contributed by atoms with Crippen molar-refractivity contribution < 1.29 is 4.79 Å². The summed E-state index contributed by atoms with van der Waals surface area (Å²) in [7, 11) is 0. The van der Waals surface area contributed by atoms with Crippen molar-refractivity contribution >= 4 is 11.6 Å². The monoisotopic (exact) mass is 245 g/mol. The summed E-state index contributed by atoms with van der Waals surface area (Å²) < 4.78 is 0. The molecule has 2 rings (SSSR count). The zero-order valence-corrected chi connectivity index (χ0v) is 12.0. The van der Waals surface area contributed by atoms with Crippen molar-refractivity contribution in [3.8, 4) is 0 Å². The highest BCUT2D eigenvalue weighted by Crippen LogP contribution is 2.41. The van der Waals surface area contributed by atoms with Gasteiger partial charge in [0, 0.05) is 5.69 Å². The topological polar surface area (TPSA) is 29.1 Å². The first-order valence-corrected chi connectivity index (χ1v) is 6.82. The van der Waals surface area contributed by atoms with Crippen LogP contribution in [0.5, 0.6) is 0 Å². The minimum Gasteiger partial charge on any atom is -0.325 e. The van der Waals surface area contributed by atoms with Crippen LogP contribution in [0.3, 0.4) is 0 Å². The van der Waals surface area contributed by atoms with Crippen LogP contribution >= 0.6 is 0 Å². The Bertz CT molecular complexity index is 476. The van der Waals surface area contributed by atoms with Gasteiger partial charge >= 0.3 is 0 Å². The van der Waals surface area contributed by atoms with Crippen molar-refractivity contribution in [3.05, 3.63) is 28.8 Å². The third-order valence-electron chi connectivity index (χ3n) is 3.79. The zero-order valence-electron chi connectivity index (χ0n) is 12.0. The first kappa shape index (κ1) is 13.1. The van der Waals surface area contributed by atoms with Crippen molar-refractivity contribution in [1.29, 1.82) is 0 Å². The van der Waals surface area contributed by atoms with Gasteiger partial charge in [-0.1, -0.05) is 38.5 Å². The molecule has 1 N–H and O–H groups in total. The van der Waals surface area contributed by atoms with Gasteiger partial charge in [0.05, 0.1) is 5.92 Å². The van der Waals surface area contributed by atoms with E-state index < -0.39 is 0 Å². The number of anilines is 1. The van der Waals surface area contributed by atoms with E-state index in [0.29, 0.717) is 11.8 Å². The molecule has 1 aromatic carbocycles. The van der Waals surface area contributed by atoms with Gasteiger partial charge in [0.25, 0.3) is 0 Å². The van der Waals surface area contributed by atoms with Crippen molar-refractivity contribution in [1.82, 2.24) is 0 Å². The number of hydrogen-bond donors (Lipinski definition) is 1. The normalized spacial score (nSPS) is 19.9. The largest absolute Gasteiger partial charge is 0.325 e. The van der Waals surface area contributed by atoms with Crippen LogP contribution in [-0.2, 0) is 4.79 Å². The maximum atomic E-state index is 12.2. The zero-order chi connectivity index (χ0) is 13.4. The van der Waals surface area contributed by atoms with E-state index in [4.69, 9.17) is 0 Å². The van der Waals surface area contributed by atoms with Crippen LogP contribution < -0.4 is 5.32 Å². The van der Waals surface area contributed by atoms with Crippen molar-refractivity contribution in [2.45, 2.75) is 47.0 Å². The quantitative estimate of drug-likeness (QED) is 0.856. The van der Waals surface area contributed by atoms with Gasteiger partial charge in [0.2, 0.25) is 5.91 Å². The molecule has 0 radical (unpaired) electrons. The van der Waals surface area contributed by atoms with E-state index in [1.165, 1.54) is 16.7 Å². The highest BCUT2D eigenvalue weighted by Gasteiger charge is 2.35. The molecule has 0 saturated carbocycles. The summed E-state index contributed by atoms with van der Waals surface area (Å²) in [5.41, 5.74) is 4.67. The smallest absolute Gasteiger partial charge is 0.232 e. The summed E-state index contributed by atoms with van der Waals surface area (Å²) in [6.07, 6.45) is 1.09. The first-order valence-electron chi connectivity index (χ1n) is 6.82. The molecule has 2 heteroatoms. The summed E-state index contributed by atoms with van der Waals surface area (Å²) in [4.78, 5) is 12.2. The van der Waals surface area contributed by atoms with E-state index >= 15 is 0 Å². The third-order valence-corrected chi connectivity index (χ3v) is 3.79. The molecule has 0 spiro atoms. The van der Waals surface area contributed by atoms with Gasteiger partial charge in [0.1, 0.15) is 0 Å². The predicted molar refractivity (Wildman–Crippen MR) is 75.9 cm³/mol. The van der Waals surface area contributed by atoms with Gasteiger partial charge < -0.3 is 5.32 Å². The molecule has 98 valence electrons. The van der Waals surface area contributed by atoms with Gasteiger partial charge in [-0.25, -0.2) is 0 Å². The maximum absolute atomic E-state index is 12.2. The Balaban J connectivity index is 2.38. The van der Waals surface area contributed by atoms with Crippen LogP contribution in [0.1, 0.15) is 49.8 Å². The molecule has 0 saturated heterocycles. The average molecular weight is 245 g/mol. The van der Waals surface area contributed by atoms with Crippen LogP contribution in [0, 0.1) is 25.7 Å². The molecule has 2 atom stereocenters. The number of benzene rings is 1. The Kier molecular flexibility index (Phi) is 3.47. The minimum atomic E-state index is 0.0287. The molecular weight excluding hydrogens is 222 g/mol. The lowest BCUT2D eigenvalue weighted by atomic mass is 9.82. The van der Waals surface area contributed by atoms with Crippen molar-refractivity contribution in [3.63, 3.8) is 0 Å². The molecule has 2 unspecified atom stereocenters. The first-order chi connectivity index (χ1) is 8.40. The van der Waals surface area contributed by atoms with Crippen LogP contribution in [0.15, 0.2) is 12.1 Å². The number of carbonyl (C=O) groups excluding carboxylic acids is 1. The Morgan fingerprint density at radius 3 is 2.50 bits per heavy atom. The standard InChI is InChI=1S/C16H23NO/c1-9(2)6-11(4)14-13-8-10(3)7-12(5)15(13)17-16(14)18/h7-9,11,14H,6H2,1-5H3,(H,17,18). The van der Waals surface area contributed by atoms with Gasteiger partial charge in [-0.3, -0.25) is 4.79 Å². The molecule has 1 aromatic rings. The van der Waals surface area contributed by atoms with Crippen molar-refractivity contribution in [2.75, 3.05) is 5.32 Å².